The van der Waals surface area contributed by atoms with Gasteiger partial charge in [-0.1, -0.05) is 30.3 Å². The molecule has 1 amide bonds. The predicted molar refractivity (Wildman–Crippen MR) is 73.8 cm³/mol. The van der Waals surface area contributed by atoms with E-state index in [1.165, 1.54) is 0 Å². The summed E-state index contributed by atoms with van der Waals surface area (Å²) in [6, 6.07) is 12.2. The number of aryl methyl sites for hydroxylation is 2. The van der Waals surface area contributed by atoms with Gasteiger partial charge >= 0.3 is 0 Å². The van der Waals surface area contributed by atoms with Gasteiger partial charge in [0.15, 0.2) is 0 Å². The van der Waals surface area contributed by atoms with Crippen molar-refractivity contribution in [1.29, 1.82) is 5.26 Å². The molecule has 1 N–H and O–H groups in total. The molecule has 0 aliphatic carbocycles. The van der Waals surface area contributed by atoms with Crippen molar-refractivity contribution in [2.24, 2.45) is 0 Å². The summed E-state index contributed by atoms with van der Waals surface area (Å²) in [7, 11) is 0. The second-order valence-electron chi connectivity index (χ2n) is 4.43. The van der Waals surface area contributed by atoms with Crippen LogP contribution >= 0.6 is 0 Å². The van der Waals surface area contributed by atoms with Crippen LogP contribution in [0.2, 0.25) is 0 Å². The third-order valence-corrected chi connectivity index (χ3v) is 2.88. The van der Waals surface area contributed by atoms with E-state index in [1.54, 1.807) is 32.0 Å². The van der Waals surface area contributed by atoms with Gasteiger partial charge in [-0.15, -0.1) is 0 Å². The molecule has 0 saturated heterocycles. The van der Waals surface area contributed by atoms with E-state index < -0.39 is 6.04 Å². The normalized spacial score (nSPS) is 11.4. The van der Waals surface area contributed by atoms with E-state index >= 15 is 0 Å². The first-order valence-corrected chi connectivity index (χ1v) is 6.18. The molecule has 0 bridgehead atoms. The van der Waals surface area contributed by atoms with E-state index in [-0.39, 0.29) is 5.91 Å². The number of nitriles is 1. The van der Waals surface area contributed by atoms with Crippen LogP contribution in [0.25, 0.3) is 0 Å². The third-order valence-electron chi connectivity index (χ3n) is 2.88. The first kappa shape index (κ1) is 13.7. The van der Waals surface area contributed by atoms with Crippen molar-refractivity contribution < 1.29 is 4.79 Å². The highest BCUT2D eigenvalue weighted by Gasteiger charge is 2.17. The zero-order chi connectivity index (χ0) is 14.5. The Bertz CT molecular complexity index is 661. The molecule has 0 fully saturated rings. The summed E-state index contributed by atoms with van der Waals surface area (Å²) >= 11 is 0. The molecule has 1 heterocycles. The first-order valence-electron chi connectivity index (χ1n) is 6.18. The van der Waals surface area contributed by atoms with Crippen molar-refractivity contribution in [3.63, 3.8) is 0 Å². The van der Waals surface area contributed by atoms with Gasteiger partial charge < -0.3 is 5.32 Å². The lowest BCUT2D eigenvalue weighted by molar-refractivity contribution is 0.0943. The molecular weight excluding hydrogens is 252 g/mol. The van der Waals surface area contributed by atoms with Crippen molar-refractivity contribution in [3.8, 4) is 6.07 Å². The number of amides is 1. The summed E-state index contributed by atoms with van der Waals surface area (Å²) in [5.41, 5.74) is 2.39. The molecule has 0 saturated carbocycles. The molecule has 1 aromatic carbocycles. The average molecular weight is 266 g/mol. The lowest BCUT2D eigenvalue weighted by atomic mass is 10.1. The van der Waals surface area contributed by atoms with E-state index in [1.807, 2.05) is 18.2 Å². The number of aromatic nitrogens is 2. The van der Waals surface area contributed by atoms with Gasteiger partial charge in [0, 0.05) is 0 Å². The Balaban J connectivity index is 2.22. The minimum atomic E-state index is -0.684. The summed E-state index contributed by atoms with van der Waals surface area (Å²) < 4.78 is 0. The van der Waals surface area contributed by atoms with Gasteiger partial charge in [0.05, 0.1) is 23.0 Å². The fourth-order valence-corrected chi connectivity index (χ4v) is 1.82. The Morgan fingerprint density at radius 1 is 1.25 bits per heavy atom. The van der Waals surface area contributed by atoms with Crippen LogP contribution in [0.3, 0.4) is 0 Å². The zero-order valence-electron chi connectivity index (χ0n) is 11.3. The maximum absolute atomic E-state index is 12.2. The summed E-state index contributed by atoms with van der Waals surface area (Å²) in [4.78, 5) is 12.2. The summed E-state index contributed by atoms with van der Waals surface area (Å²) in [6.07, 6.45) is 0. The van der Waals surface area contributed by atoms with Crippen LogP contribution in [-0.4, -0.2) is 16.1 Å². The van der Waals surface area contributed by atoms with Crippen LogP contribution < -0.4 is 5.32 Å². The summed E-state index contributed by atoms with van der Waals surface area (Å²) in [5, 5.41) is 19.7. The van der Waals surface area contributed by atoms with Crippen LogP contribution in [0.5, 0.6) is 0 Å². The van der Waals surface area contributed by atoms with Gasteiger partial charge in [0.2, 0.25) is 0 Å². The SMILES string of the molecule is Cc1cc(C(=O)NC(C#N)c2ccccc2)c(C)nn1. The number of rotatable bonds is 3. The third kappa shape index (κ3) is 2.98. The second kappa shape index (κ2) is 5.93. The number of nitrogens with one attached hydrogen (secondary N) is 1. The summed E-state index contributed by atoms with van der Waals surface area (Å²) in [5.74, 6) is -0.323. The molecule has 5 nitrogen and oxygen atoms in total. The fraction of sp³-hybridized carbons (Fsp3) is 0.200. The molecule has 0 radical (unpaired) electrons. The number of benzene rings is 1. The predicted octanol–water partition coefficient (Wildman–Crippen LogP) is 2.09. The van der Waals surface area contributed by atoms with Crippen LogP contribution in [0.1, 0.15) is 33.4 Å². The molecule has 20 heavy (non-hydrogen) atoms. The van der Waals surface area contributed by atoms with E-state index in [9.17, 15) is 10.1 Å². The van der Waals surface area contributed by atoms with Crippen LogP contribution in [0, 0.1) is 25.2 Å². The largest absolute Gasteiger partial charge is 0.332 e. The van der Waals surface area contributed by atoms with Crippen molar-refractivity contribution in [2.75, 3.05) is 0 Å². The minimum absolute atomic E-state index is 0.323. The smallest absolute Gasteiger partial charge is 0.254 e. The molecule has 0 aliphatic rings. The van der Waals surface area contributed by atoms with Gasteiger partial charge in [-0.05, 0) is 25.5 Å². The van der Waals surface area contributed by atoms with Gasteiger partial charge in [0.1, 0.15) is 6.04 Å². The molecule has 5 heteroatoms. The average Bonchev–Trinajstić information content (AvgIpc) is 2.48. The van der Waals surface area contributed by atoms with Crippen molar-refractivity contribution in [3.05, 3.63) is 58.9 Å². The monoisotopic (exact) mass is 266 g/mol. The molecule has 2 aromatic rings. The van der Waals surface area contributed by atoms with Crippen LogP contribution in [0.15, 0.2) is 36.4 Å². The van der Waals surface area contributed by atoms with Gasteiger partial charge in [-0.2, -0.15) is 15.5 Å². The molecule has 0 aliphatic heterocycles. The van der Waals surface area contributed by atoms with Crippen LogP contribution in [-0.2, 0) is 0 Å². The Morgan fingerprint density at radius 3 is 2.60 bits per heavy atom. The zero-order valence-corrected chi connectivity index (χ0v) is 11.3. The number of nitrogens with zero attached hydrogens (tertiary/aromatic N) is 3. The lowest BCUT2D eigenvalue weighted by Crippen LogP contribution is -2.28. The van der Waals surface area contributed by atoms with Gasteiger partial charge in [0.25, 0.3) is 5.91 Å². The second-order valence-corrected chi connectivity index (χ2v) is 4.43. The molecular formula is C15H14N4O. The number of carbonyl (C=O) groups excluding carboxylic acids is 1. The highest BCUT2D eigenvalue weighted by atomic mass is 16.1. The molecule has 2 rings (SSSR count). The van der Waals surface area contributed by atoms with E-state index in [4.69, 9.17) is 0 Å². The highest BCUT2D eigenvalue weighted by Crippen LogP contribution is 2.13. The van der Waals surface area contributed by atoms with E-state index in [0.717, 1.165) is 5.56 Å². The minimum Gasteiger partial charge on any atom is -0.332 e. The molecule has 0 spiro atoms. The summed E-state index contributed by atoms with van der Waals surface area (Å²) in [6.45, 7) is 3.48. The maximum atomic E-state index is 12.2. The standard InChI is InChI=1S/C15H14N4O/c1-10-8-13(11(2)19-18-10)15(20)17-14(9-16)12-6-4-3-5-7-12/h3-8,14H,1-2H3,(H,17,20). The molecule has 100 valence electrons. The van der Waals surface area contributed by atoms with E-state index in [2.05, 4.69) is 21.6 Å². The topological polar surface area (TPSA) is 78.7 Å². The van der Waals surface area contributed by atoms with Crippen molar-refractivity contribution in [2.45, 2.75) is 19.9 Å². The van der Waals surface area contributed by atoms with E-state index in [0.29, 0.717) is 17.0 Å². The Morgan fingerprint density at radius 2 is 1.95 bits per heavy atom. The molecule has 1 unspecified atom stereocenters. The van der Waals surface area contributed by atoms with Crippen molar-refractivity contribution in [1.82, 2.24) is 15.5 Å². The number of hydrogen-bond donors (Lipinski definition) is 1. The fourth-order valence-electron chi connectivity index (χ4n) is 1.82. The van der Waals surface area contributed by atoms with Gasteiger partial charge in [-0.3, -0.25) is 4.79 Å². The Labute approximate surface area is 117 Å². The Hall–Kier alpha value is -2.74. The van der Waals surface area contributed by atoms with Crippen molar-refractivity contribution >= 4 is 5.91 Å². The number of carbonyl (C=O) groups is 1. The maximum Gasteiger partial charge on any atom is 0.254 e. The molecule has 1 aromatic heterocycles. The first-order chi connectivity index (χ1) is 9.61. The Kier molecular flexibility index (Phi) is 4.06. The quantitative estimate of drug-likeness (QED) is 0.922. The van der Waals surface area contributed by atoms with Gasteiger partial charge in [-0.25, -0.2) is 0 Å². The lowest BCUT2D eigenvalue weighted by Gasteiger charge is -2.12. The number of hydrogen-bond acceptors (Lipinski definition) is 4. The highest BCUT2D eigenvalue weighted by molar-refractivity contribution is 5.95. The van der Waals surface area contributed by atoms with Crippen LogP contribution in [0.4, 0.5) is 0 Å². The molecule has 1 atom stereocenters.